The Morgan fingerprint density at radius 2 is 1.95 bits per heavy atom. The normalized spacial score (nSPS) is 18.2. The molecular weight excluding hydrogens is 286 g/mol. The molecule has 0 radical (unpaired) electrons. The highest BCUT2D eigenvalue weighted by Gasteiger charge is 2.33. The summed E-state index contributed by atoms with van der Waals surface area (Å²) in [5.74, 6) is 0.848. The van der Waals surface area contributed by atoms with Gasteiger partial charge < -0.3 is 4.74 Å². The quantitative estimate of drug-likeness (QED) is 0.480. The van der Waals surface area contributed by atoms with Crippen LogP contribution in [0.5, 0.6) is 5.75 Å². The number of methoxy groups -OCH3 is 1. The molecule has 0 saturated heterocycles. The van der Waals surface area contributed by atoms with E-state index in [1.54, 1.807) is 24.4 Å². The largest absolute Gasteiger partial charge is 0.497 e. The summed E-state index contributed by atoms with van der Waals surface area (Å²) in [4.78, 5) is 12.9. The third kappa shape index (κ3) is 4.14. The lowest BCUT2D eigenvalue weighted by Gasteiger charge is -2.27. The maximum absolute atomic E-state index is 11.8. The summed E-state index contributed by atoms with van der Waals surface area (Å²) >= 11 is 1.73. The van der Waals surface area contributed by atoms with E-state index < -0.39 is 0 Å². The van der Waals surface area contributed by atoms with E-state index >= 15 is 0 Å². The molecule has 0 aliphatic heterocycles. The van der Waals surface area contributed by atoms with Crippen LogP contribution in [0.4, 0.5) is 0 Å². The van der Waals surface area contributed by atoms with Crippen LogP contribution in [0.2, 0.25) is 0 Å². The second kappa shape index (κ2) is 7.71. The van der Waals surface area contributed by atoms with Crippen molar-refractivity contribution in [3.63, 3.8) is 0 Å². The van der Waals surface area contributed by atoms with Gasteiger partial charge in [0.05, 0.1) is 7.11 Å². The lowest BCUT2D eigenvalue weighted by atomic mass is 9.93. The molecule has 4 nitrogen and oxygen atoms in total. The van der Waals surface area contributed by atoms with Crippen molar-refractivity contribution in [2.45, 2.75) is 42.8 Å². The molecule has 2 N–H and O–H groups in total. The van der Waals surface area contributed by atoms with Crippen LogP contribution in [0.15, 0.2) is 29.2 Å². The minimum atomic E-state index is -0.298. The van der Waals surface area contributed by atoms with Crippen molar-refractivity contribution in [1.29, 1.82) is 0 Å². The number of hydroxylamine groups is 1. The van der Waals surface area contributed by atoms with Gasteiger partial charge in [-0.05, 0) is 43.0 Å². The minimum absolute atomic E-state index is 0.188. The van der Waals surface area contributed by atoms with Gasteiger partial charge in [-0.15, -0.1) is 11.8 Å². The average Bonchev–Trinajstić information content (AvgIpc) is 3.05. The standard InChI is InChI=1S/C16H23NO3S/c1-11(16(18)17-19)15(12-5-3-4-6-12)21-14-9-7-13(20-2)8-10-14/h7-12,15,19H,3-6H2,1-2H3,(H,17,18). The van der Waals surface area contributed by atoms with Crippen LogP contribution in [0.1, 0.15) is 32.6 Å². The Morgan fingerprint density at radius 3 is 2.48 bits per heavy atom. The fraction of sp³-hybridized carbons (Fsp3) is 0.562. The average molecular weight is 309 g/mol. The number of benzene rings is 1. The van der Waals surface area contributed by atoms with Crippen LogP contribution >= 0.6 is 11.8 Å². The molecule has 2 rings (SSSR count). The monoisotopic (exact) mass is 309 g/mol. The maximum atomic E-state index is 11.8. The maximum Gasteiger partial charge on any atom is 0.247 e. The van der Waals surface area contributed by atoms with E-state index in [4.69, 9.17) is 9.94 Å². The molecule has 116 valence electrons. The Kier molecular flexibility index (Phi) is 5.94. The molecular formula is C16H23NO3S. The van der Waals surface area contributed by atoms with Crippen molar-refractivity contribution in [3.05, 3.63) is 24.3 Å². The highest BCUT2D eigenvalue weighted by atomic mass is 32.2. The molecule has 5 heteroatoms. The molecule has 1 amide bonds. The molecule has 21 heavy (non-hydrogen) atoms. The van der Waals surface area contributed by atoms with Crippen molar-refractivity contribution >= 4 is 17.7 Å². The van der Waals surface area contributed by atoms with Gasteiger partial charge >= 0.3 is 0 Å². The summed E-state index contributed by atoms with van der Waals surface area (Å²) in [6.45, 7) is 1.89. The Balaban J connectivity index is 2.12. The second-order valence-corrected chi connectivity index (χ2v) is 6.82. The molecule has 1 aliphatic carbocycles. The molecule has 0 bridgehead atoms. The van der Waals surface area contributed by atoms with Gasteiger partial charge in [-0.2, -0.15) is 0 Å². The van der Waals surface area contributed by atoms with Gasteiger partial charge in [-0.1, -0.05) is 19.8 Å². The van der Waals surface area contributed by atoms with Crippen molar-refractivity contribution in [1.82, 2.24) is 5.48 Å². The zero-order valence-corrected chi connectivity index (χ0v) is 13.4. The first-order valence-electron chi connectivity index (χ1n) is 7.40. The van der Waals surface area contributed by atoms with E-state index in [-0.39, 0.29) is 17.1 Å². The fourth-order valence-electron chi connectivity index (χ4n) is 2.95. The number of carbonyl (C=O) groups is 1. The lowest BCUT2D eigenvalue weighted by molar-refractivity contribution is -0.133. The van der Waals surface area contributed by atoms with E-state index in [1.165, 1.54) is 12.8 Å². The van der Waals surface area contributed by atoms with Gasteiger partial charge in [0.1, 0.15) is 5.75 Å². The molecule has 1 aromatic rings. The van der Waals surface area contributed by atoms with E-state index in [0.717, 1.165) is 23.5 Å². The molecule has 0 aromatic heterocycles. The van der Waals surface area contributed by atoms with E-state index in [1.807, 2.05) is 31.2 Å². The molecule has 2 atom stereocenters. The summed E-state index contributed by atoms with van der Waals surface area (Å²) in [5.41, 5.74) is 1.80. The van der Waals surface area contributed by atoms with Crippen LogP contribution < -0.4 is 10.2 Å². The Labute approximate surface area is 130 Å². The van der Waals surface area contributed by atoms with Gasteiger partial charge in [0, 0.05) is 16.1 Å². The van der Waals surface area contributed by atoms with E-state index in [0.29, 0.717) is 5.92 Å². The summed E-state index contributed by atoms with van der Waals surface area (Å²) in [6.07, 6.45) is 4.79. The predicted octanol–water partition coefficient (Wildman–Crippen LogP) is 3.49. The third-order valence-electron chi connectivity index (χ3n) is 4.21. The summed E-state index contributed by atoms with van der Waals surface area (Å²) in [6, 6.07) is 7.92. The Morgan fingerprint density at radius 1 is 1.33 bits per heavy atom. The lowest BCUT2D eigenvalue weighted by Crippen LogP contribution is -2.35. The van der Waals surface area contributed by atoms with Crippen LogP contribution in [0.3, 0.4) is 0 Å². The second-order valence-electron chi connectivity index (χ2n) is 5.57. The van der Waals surface area contributed by atoms with E-state index in [2.05, 4.69) is 0 Å². The van der Waals surface area contributed by atoms with Crippen molar-refractivity contribution in [2.24, 2.45) is 11.8 Å². The predicted molar refractivity (Wildman–Crippen MR) is 83.7 cm³/mol. The Hall–Kier alpha value is -1.20. The number of nitrogens with one attached hydrogen (secondary N) is 1. The molecule has 2 unspecified atom stereocenters. The van der Waals surface area contributed by atoms with Crippen molar-refractivity contribution in [2.75, 3.05) is 7.11 Å². The molecule has 1 saturated carbocycles. The van der Waals surface area contributed by atoms with E-state index in [9.17, 15) is 4.79 Å². The number of hydrogen-bond donors (Lipinski definition) is 2. The van der Waals surface area contributed by atoms with Gasteiger partial charge in [0.15, 0.2) is 0 Å². The van der Waals surface area contributed by atoms with Gasteiger partial charge in [-0.25, -0.2) is 5.48 Å². The summed E-state index contributed by atoms with van der Waals surface area (Å²) in [7, 11) is 1.65. The molecule has 0 heterocycles. The van der Waals surface area contributed by atoms with Crippen LogP contribution in [-0.4, -0.2) is 23.5 Å². The van der Waals surface area contributed by atoms with Gasteiger partial charge in [0.2, 0.25) is 5.91 Å². The van der Waals surface area contributed by atoms with Crippen LogP contribution in [0.25, 0.3) is 0 Å². The zero-order chi connectivity index (χ0) is 15.2. The Bertz CT molecular complexity index is 457. The van der Waals surface area contributed by atoms with Crippen LogP contribution in [-0.2, 0) is 4.79 Å². The first-order valence-corrected chi connectivity index (χ1v) is 8.28. The van der Waals surface area contributed by atoms with Gasteiger partial charge in [-0.3, -0.25) is 10.0 Å². The number of carbonyl (C=O) groups excluding carboxylic acids is 1. The van der Waals surface area contributed by atoms with Crippen molar-refractivity contribution < 1.29 is 14.7 Å². The number of rotatable bonds is 6. The SMILES string of the molecule is COc1ccc(SC(C2CCCC2)C(C)C(=O)NO)cc1. The van der Waals surface area contributed by atoms with Gasteiger partial charge in [0.25, 0.3) is 0 Å². The third-order valence-corrected chi connectivity index (χ3v) is 5.82. The number of ether oxygens (including phenoxy) is 1. The molecule has 0 spiro atoms. The minimum Gasteiger partial charge on any atom is -0.497 e. The first-order chi connectivity index (χ1) is 10.2. The number of hydrogen-bond acceptors (Lipinski definition) is 4. The zero-order valence-electron chi connectivity index (χ0n) is 12.5. The summed E-state index contributed by atoms with van der Waals surface area (Å²) in [5, 5.41) is 9.09. The highest BCUT2D eigenvalue weighted by Crippen LogP contribution is 2.41. The summed E-state index contributed by atoms with van der Waals surface area (Å²) < 4.78 is 5.17. The smallest absolute Gasteiger partial charge is 0.247 e. The highest BCUT2D eigenvalue weighted by molar-refractivity contribution is 8.00. The number of thioether (sulfide) groups is 1. The molecule has 1 fully saturated rings. The fourth-order valence-corrected chi connectivity index (χ4v) is 4.35. The molecule has 1 aliphatic rings. The first kappa shape index (κ1) is 16.2. The van der Waals surface area contributed by atoms with Crippen LogP contribution in [0, 0.1) is 11.8 Å². The van der Waals surface area contributed by atoms with Crippen molar-refractivity contribution in [3.8, 4) is 5.75 Å². The topological polar surface area (TPSA) is 58.6 Å². The molecule has 1 aromatic carbocycles. The number of amides is 1.